The molecule has 1 fully saturated rings. The highest BCUT2D eigenvalue weighted by Gasteiger charge is 2.45. The standard InChI is InChI=1S/C33H60N6O5S/c1-8-10-11-15-23(5)28(41)25(16-14-19-35-31(34)44)37-29(42)27(22(3)4)38-32(45)36-18-12-13-20-39-26(40)21-24(30(39)43)33(6,7)17-9-2/h22-25,27H,8-21H2,1-7H3,(H,37,42)(H3,34,35,44)(H2,36,38,45)/t23?,24?,25-,27-/m0/s1. The molecule has 1 saturated heterocycles. The number of primary amides is 1. The maximum atomic E-state index is 13.4. The summed E-state index contributed by atoms with van der Waals surface area (Å²) in [6.07, 6.45) is 8.18. The first kappa shape index (κ1) is 40.3. The molecule has 0 aromatic carbocycles. The van der Waals surface area contributed by atoms with E-state index in [-0.39, 0.29) is 53.1 Å². The number of nitrogens with two attached hydrogens (primary N) is 1. The van der Waals surface area contributed by atoms with Gasteiger partial charge >= 0.3 is 6.03 Å². The molecule has 11 nitrogen and oxygen atoms in total. The number of nitrogens with one attached hydrogen (secondary N) is 4. The smallest absolute Gasteiger partial charge is 0.312 e. The molecule has 0 aromatic rings. The van der Waals surface area contributed by atoms with Crippen molar-refractivity contribution < 1.29 is 24.0 Å². The topological polar surface area (TPSA) is 163 Å². The Kier molecular flexibility index (Phi) is 18.2. The molecule has 1 aliphatic heterocycles. The van der Waals surface area contributed by atoms with E-state index in [1.807, 2.05) is 20.8 Å². The van der Waals surface area contributed by atoms with Crippen LogP contribution in [0.4, 0.5) is 4.79 Å². The van der Waals surface area contributed by atoms with Crippen LogP contribution in [0, 0.1) is 23.2 Å². The van der Waals surface area contributed by atoms with E-state index in [1.165, 1.54) is 4.90 Å². The Bertz CT molecular complexity index is 1000. The minimum Gasteiger partial charge on any atom is -0.363 e. The Morgan fingerprint density at radius 3 is 2.20 bits per heavy atom. The van der Waals surface area contributed by atoms with Gasteiger partial charge in [-0.15, -0.1) is 0 Å². The van der Waals surface area contributed by atoms with Crippen LogP contribution in [0.15, 0.2) is 0 Å². The molecule has 45 heavy (non-hydrogen) atoms. The highest BCUT2D eigenvalue weighted by molar-refractivity contribution is 7.80. The lowest BCUT2D eigenvalue weighted by Crippen LogP contribution is -2.56. The van der Waals surface area contributed by atoms with E-state index in [2.05, 4.69) is 49.0 Å². The second-order valence-corrected chi connectivity index (χ2v) is 13.9. The molecule has 0 aliphatic carbocycles. The van der Waals surface area contributed by atoms with Gasteiger partial charge in [-0.1, -0.05) is 74.1 Å². The van der Waals surface area contributed by atoms with Gasteiger partial charge in [0.05, 0.1) is 12.0 Å². The molecule has 4 atom stereocenters. The molecular weight excluding hydrogens is 592 g/mol. The minimum atomic E-state index is -0.684. The Balaban J connectivity index is 2.66. The SMILES string of the molecule is CCCCCC(C)C(=O)[C@H](CCCNC(N)=O)NC(=O)[C@@H](NC(=S)NCCCCN1C(=O)CC(C(C)(C)CCC)C1=O)C(C)C. The number of hydrogen-bond acceptors (Lipinski definition) is 6. The monoisotopic (exact) mass is 652 g/mol. The maximum absolute atomic E-state index is 13.4. The lowest BCUT2D eigenvalue weighted by molar-refractivity contribution is -0.140. The summed E-state index contributed by atoms with van der Waals surface area (Å²) in [7, 11) is 0. The van der Waals surface area contributed by atoms with Gasteiger partial charge in [0, 0.05) is 32.0 Å². The van der Waals surface area contributed by atoms with Gasteiger partial charge in [-0.3, -0.25) is 24.1 Å². The number of amides is 5. The van der Waals surface area contributed by atoms with Crippen molar-refractivity contribution in [1.29, 1.82) is 0 Å². The first-order valence-corrected chi connectivity index (χ1v) is 17.3. The summed E-state index contributed by atoms with van der Waals surface area (Å²) < 4.78 is 0. The molecule has 0 spiro atoms. The van der Waals surface area contributed by atoms with Crippen molar-refractivity contribution in [3.05, 3.63) is 0 Å². The number of rotatable bonds is 22. The van der Waals surface area contributed by atoms with Crippen molar-refractivity contribution in [2.75, 3.05) is 19.6 Å². The second-order valence-electron chi connectivity index (χ2n) is 13.5. The van der Waals surface area contributed by atoms with Crippen molar-refractivity contribution in [1.82, 2.24) is 26.2 Å². The number of urea groups is 1. The molecule has 258 valence electrons. The summed E-state index contributed by atoms with van der Waals surface area (Å²) in [6, 6.07) is -1.97. The summed E-state index contributed by atoms with van der Waals surface area (Å²) in [6.45, 7) is 15.3. The van der Waals surface area contributed by atoms with E-state index >= 15 is 0 Å². The fourth-order valence-corrected chi connectivity index (χ4v) is 6.15. The first-order chi connectivity index (χ1) is 21.2. The molecule has 2 unspecified atom stereocenters. The van der Waals surface area contributed by atoms with Gasteiger partial charge in [0.2, 0.25) is 17.7 Å². The highest BCUT2D eigenvalue weighted by Crippen LogP contribution is 2.39. The zero-order valence-electron chi connectivity index (χ0n) is 28.8. The van der Waals surface area contributed by atoms with Crippen LogP contribution >= 0.6 is 12.2 Å². The van der Waals surface area contributed by atoms with Crippen LogP contribution in [0.25, 0.3) is 0 Å². The molecule has 6 N–H and O–H groups in total. The van der Waals surface area contributed by atoms with Gasteiger partial charge in [0.15, 0.2) is 10.9 Å². The first-order valence-electron chi connectivity index (χ1n) is 16.9. The van der Waals surface area contributed by atoms with E-state index < -0.39 is 18.1 Å². The van der Waals surface area contributed by atoms with Crippen LogP contribution in [0.2, 0.25) is 0 Å². The van der Waals surface area contributed by atoms with E-state index in [1.54, 1.807) is 0 Å². The van der Waals surface area contributed by atoms with Crippen LogP contribution in [0.1, 0.15) is 119 Å². The highest BCUT2D eigenvalue weighted by atomic mass is 32.1. The fourth-order valence-electron chi connectivity index (χ4n) is 5.92. The van der Waals surface area contributed by atoms with Crippen molar-refractivity contribution >= 4 is 46.9 Å². The largest absolute Gasteiger partial charge is 0.363 e. The van der Waals surface area contributed by atoms with E-state index in [9.17, 15) is 24.0 Å². The van der Waals surface area contributed by atoms with Crippen molar-refractivity contribution in [2.45, 2.75) is 131 Å². The fraction of sp³-hybridized carbons (Fsp3) is 0.818. The summed E-state index contributed by atoms with van der Waals surface area (Å²) >= 11 is 5.48. The Hall–Kier alpha value is -2.76. The normalized spacial score (nSPS) is 17.2. The Morgan fingerprint density at radius 2 is 1.60 bits per heavy atom. The van der Waals surface area contributed by atoms with Gasteiger partial charge in [-0.05, 0) is 62.1 Å². The molecule has 12 heteroatoms. The Labute approximate surface area is 276 Å². The summed E-state index contributed by atoms with van der Waals surface area (Å²) in [5.74, 6) is -1.06. The zero-order valence-corrected chi connectivity index (χ0v) is 29.6. The third-order valence-electron chi connectivity index (χ3n) is 8.77. The quantitative estimate of drug-likeness (QED) is 0.0661. The summed E-state index contributed by atoms with van der Waals surface area (Å²) in [4.78, 5) is 64.7. The predicted octanol–water partition coefficient (Wildman–Crippen LogP) is 4.18. The van der Waals surface area contributed by atoms with Gasteiger partial charge in [0.1, 0.15) is 6.04 Å². The van der Waals surface area contributed by atoms with Crippen LogP contribution in [-0.2, 0) is 19.2 Å². The van der Waals surface area contributed by atoms with Crippen LogP contribution in [0.3, 0.4) is 0 Å². The minimum absolute atomic E-state index is 0.0167. The van der Waals surface area contributed by atoms with Gasteiger partial charge < -0.3 is 27.0 Å². The van der Waals surface area contributed by atoms with Crippen molar-refractivity contribution in [3.63, 3.8) is 0 Å². The number of hydrogen-bond donors (Lipinski definition) is 5. The molecule has 0 aromatic heterocycles. The number of likely N-dealkylation sites (tertiary alicyclic amines) is 1. The van der Waals surface area contributed by atoms with Crippen molar-refractivity contribution in [3.8, 4) is 0 Å². The van der Waals surface area contributed by atoms with Gasteiger partial charge in [0.25, 0.3) is 0 Å². The third-order valence-corrected chi connectivity index (χ3v) is 9.03. The molecular formula is C33H60N6O5S. The Morgan fingerprint density at radius 1 is 0.933 bits per heavy atom. The molecule has 0 radical (unpaired) electrons. The number of ketones is 1. The number of carbonyl (C=O) groups is 5. The molecule has 1 rings (SSSR count). The number of unbranched alkanes of at least 4 members (excludes halogenated alkanes) is 3. The molecule has 0 saturated carbocycles. The molecule has 0 bridgehead atoms. The van der Waals surface area contributed by atoms with Crippen LogP contribution in [-0.4, -0.2) is 71.3 Å². The number of Topliss-reactive ketones (excluding diaryl/α,β-unsaturated/α-hetero) is 1. The van der Waals surface area contributed by atoms with E-state index in [4.69, 9.17) is 18.0 Å². The number of imide groups is 1. The van der Waals surface area contributed by atoms with E-state index in [0.717, 1.165) is 38.5 Å². The van der Waals surface area contributed by atoms with Crippen LogP contribution in [0.5, 0.6) is 0 Å². The lowest BCUT2D eigenvalue weighted by Gasteiger charge is -2.29. The predicted molar refractivity (Wildman–Crippen MR) is 182 cm³/mol. The van der Waals surface area contributed by atoms with E-state index in [0.29, 0.717) is 50.4 Å². The van der Waals surface area contributed by atoms with Gasteiger partial charge in [-0.2, -0.15) is 0 Å². The molecule has 1 aliphatic rings. The van der Waals surface area contributed by atoms with Crippen molar-refractivity contribution in [2.24, 2.45) is 28.9 Å². The lowest BCUT2D eigenvalue weighted by atomic mass is 9.74. The molecule has 5 amide bonds. The average molecular weight is 653 g/mol. The molecule has 1 heterocycles. The second kappa shape index (κ2) is 20.4. The third kappa shape index (κ3) is 14.0. The average Bonchev–Trinajstić information content (AvgIpc) is 3.25. The zero-order chi connectivity index (χ0) is 34.2. The number of nitrogens with zero attached hydrogens (tertiary/aromatic N) is 1. The van der Waals surface area contributed by atoms with Crippen LogP contribution < -0.4 is 27.0 Å². The number of carbonyl (C=O) groups excluding carboxylic acids is 5. The maximum Gasteiger partial charge on any atom is 0.312 e. The number of thiocarbonyl (C=S) groups is 1. The summed E-state index contributed by atoms with van der Waals surface area (Å²) in [5, 5.41) is 12.0. The summed E-state index contributed by atoms with van der Waals surface area (Å²) in [5.41, 5.74) is 4.97. The van der Waals surface area contributed by atoms with Gasteiger partial charge in [-0.25, -0.2) is 4.79 Å².